The third-order valence-corrected chi connectivity index (χ3v) is 1.83. The maximum absolute atomic E-state index is 10.7. The topological polar surface area (TPSA) is 29.1 Å². The highest BCUT2D eigenvalue weighted by Gasteiger charge is 2.15. The Labute approximate surface area is 67.1 Å². The number of carbonyl (C=O) groups is 1. The summed E-state index contributed by atoms with van der Waals surface area (Å²) >= 11 is 4.07. The molecule has 0 aromatic heterocycles. The third-order valence-electron chi connectivity index (χ3n) is 1.04. The van der Waals surface area contributed by atoms with Crippen molar-refractivity contribution in [1.29, 1.82) is 0 Å². The van der Waals surface area contributed by atoms with E-state index in [0.717, 1.165) is 0 Å². The first-order valence-electron chi connectivity index (χ1n) is 3.07. The van der Waals surface area contributed by atoms with Gasteiger partial charge in [-0.1, -0.05) is 6.58 Å². The lowest BCUT2D eigenvalue weighted by Crippen LogP contribution is -2.44. The van der Waals surface area contributed by atoms with E-state index in [-0.39, 0.29) is 11.4 Å². The SMILES string of the molecule is C=CC(=O)NC(C)(C)CS. The van der Waals surface area contributed by atoms with Gasteiger partial charge in [-0.25, -0.2) is 0 Å². The Hall–Kier alpha value is -0.440. The average molecular weight is 159 g/mol. The lowest BCUT2D eigenvalue weighted by Gasteiger charge is -2.22. The lowest BCUT2D eigenvalue weighted by atomic mass is 10.1. The van der Waals surface area contributed by atoms with Crippen LogP contribution in [-0.2, 0) is 4.79 Å². The van der Waals surface area contributed by atoms with E-state index in [2.05, 4.69) is 24.5 Å². The first kappa shape index (κ1) is 9.56. The third kappa shape index (κ3) is 3.56. The number of rotatable bonds is 3. The Morgan fingerprint density at radius 3 is 2.60 bits per heavy atom. The fraction of sp³-hybridized carbons (Fsp3) is 0.571. The highest BCUT2D eigenvalue weighted by Crippen LogP contribution is 2.02. The summed E-state index contributed by atoms with van der Waals surface area (Å²) in [6, 6.07) is 0. The zero-order valence-electron chi connectivity index (χ0n) is 6.35. The second-order valence-corrected chi connectivity index (χ2v) is 3.05. The number of thiol groups is 1. The van der Waals surface area contributed by atoms with Crippen molar-refractivity contribution in [3.8, 4) is 0 Å². The zero-order valence-corrected chi connectivity index (χ0v) is 7.24. The maximum Gasteiger partial charge on any atom is 0.243 e. The van der Waals surface area contributed by atoms with Crippen molar-refractivity contribution in [3.05, 3.63) is 12.7 Å². The maximum atomic E-state index is 10.7. The summed E-state index contributed by atoms with van der Waals surface area (Å²) < 4.78 is 0. The average Bonchev–Trinajstić information content (AvgIpc) is 1.87. The van der Waals surface area contributed by atoms with Crippen LogP contribution in [0.4, 0.5) is 0 Å². The number of hydrogen-bond donors (Lipinski definition) is 2. The van der Waals surface area contributed by atoms with Crippen LogP contribution in [-0.4, -0.2) is 17.2 Å². The number of carbonyl (C=O) groups excluding carboxylic acids is 1. The minimum atomic E-state index is -0.242. The van der Waals surface area contributed by atoms with Gasteiger partial charge < -0.3 is 5.32 Å². The fourth-order valence-electron chi connectivity index (χ4n) is 0.424. The molecule has 2 nitrogen and oxygen atoms in total. The van der Waals surface area contributed by atoms with Crippen LogP contribution in [0.3, 0.4) is 0 Å². The molecule has 0 aliphatic rings. The molecule has 0 spiro atoms. The zero-order chi connectivity index (χ0) is 8.20. The molecule has 58 valence electrons. The number of amides is 1. The highest BCUT2D eigenvalue weighted by molar-refractivity contribution is 7.80. The highest BCUT2D eigenvalue weighted by atomic mass is 32.1. The molecule has 0 rings (SSSR count). The fourth-order valence-corrected chi connectivity index (χ4v) is 0.503. The number of hydrogen-bond acceptors (Lipinski definition) is 2. The summed E-state index contributed by atoms with van der Waals surface area (Å²) in [6.45, 7) is 7.15. The van der Waals surface area contributed by atoms with Crippen LogP contribution in [0.2, 0.25) is 0 Å². The van der Waals surface area contributed by atoms with Crippen molar-refractivity contribution in [2.75, 3.05) is 5.75 Å². The Kier molecular flexibility index (Phi) is 3.50. The minimum Gasteiger partial charge on any atom is -0.347 e. The van der Waals surface area contributed by atoms with Crippen molar-refractivity contribution >= 4 is 18.5 Å². The van der Waals surface area contributed by atoms with Gasteiger partial charge in [0.05, 0.1) is 0 Å². The quantitative estimate of drug-likeness (QED) is 0.467. The van der Waals surface area contributed by atoms with Crippen molar-refractivity contribution in [2.45, 2.75) is 19.4 Å². The van der Waals surface area contributed by atoms with Gasteiger partial charge in [-0.3, -0.25) is 4.79 Å². The molecule has 0 aromatic rings. The molecule has 0 saturated carbocycles. The first-order chi connectivity index (χ1) is 4.52. The molecular formula is C7H13NOS. The van der Waals surface area contributed by atoms with Gasteiger partial charge in [-0.2, -0.15) is 12.6 Å². The van der Waals surface area contributed by atoms with Crippen molar-refractivity contribution < 1.29 is 4.79 Å². The summed E-state index contributed by atoms with van der Waals surface area (Å²) in [5.74, 6) is 0.464. The molecule has 0 aliphatic heterocycles. The molecule has 10 heavy (non-hydrogen) atoms. The summed E-state index contributed by atoms with van der Waals surface area (Å²) in [7, 11) is 0. The molecule has 0 saturated heterocycles. The molecule has 0 fully saturated rings. The molecule has 0 radical (unpaired) electrons. The van der Waals surface area contributed by atoms with E-state index < -0.39 is 0 Å². The molecule has 0 bridgehead atoms. The normalized spacial score (nSPS) is 10.7. The minimum absolute atomic E-state index is 0.154. The van der Waals surface area contributed by atoms with Gasteiger partial charge in [0.25, 0.3) is 0 Å². The predicted octanol–water partition coefficient (Wildman–Crippen LogP) is 0.997. The van der Waals surface area contributed by atoms with Crippen LogP contribution in [0.15, 0.2) is 12.7 Å². The van der Waals surface area contributed by atoms with Crippen LogP contribution in [0, 0.1) is 0 Å². The molecule has 0 aliphatic carbocycles. The van der Waals surface area contributed by atoms with Crippen LogP contribution >= 0.6 is 12.6 Å². The summed E-state index contributed by atoms with van der Waals surface area (Å²) in [5.41, 5.74) is -0.242. The molecule has 3 heteroatoms. The van der Waals surface area contributed by atoms with Crippen molar-refractivity contribution in [3.63, 3.8) is 0 Å². The van der Waals surface area contributed by atoms with E-state index in [1.807, 2.05) is 13.8 Å². The van der Waals surface area contributed by atoms with Gasteiger partial charge in [0, 0.05) is 11.3 Å². The van der Waals surface area contributed by atoms with Crippen molar-refractivity contribution in [2.24, 2.45) is 0 Å². The standard InChI is InChI=1S/C7H13NOS/c1-4-6(9)8-7(2,3)5-10/h4,10H,1,5H2,2-3H3,(H,8,9). The largest absolute Gasteiger partial charge is 0.347 e. The number of nitrogens with one attached hydrogen (secondary N) is 1. The molecule has 0 heterocycles. The van der Waals surface area contributed by atoms with Crippen molar-refractivity contribution in [1.82, 2.24) is 5.32 Å². The van der Waals surface area contributed by atoms with Crippen LogP contribution in [0.1, 0.15) is 13.8 Å². The van der Waals surface area contributed by atoms with Crippen LogP contribution in [0.5, 0.6) is 0 Å². The van der Waals surface area contributed by atoms with Gasteiger partial charge in [0.1, 0.15) is 0 Å². The Morgan fingerprint density at radius 2 is 2.30 bits per heavy atom. The van der Waals surface area contributed by atoms with Crippen LogP contribution in [0.25, 0.3) is 0 Å². The van der Waals surface area contributed by atoms with Crippen LogP contribution < -0.4 is 5.32 Å². The molecule has 1 amide bonds. The monoisotopic (exact) mass is 159 g/mol. The first-order valence-corrected chi connectivity index (χ1v) is 3.70. The van der Waals surface area contributed by atoms with E-state index >= 15 is 0 Å². The smallest absolute Gasteiger partial charge is 0.243 e. The Morgan fingerprint density at radius 1 is 1.80 bits per heavy atom. The molecular weight excluding hydrogens is 146 g/mol. The summed E-state index contributed by atoms with van der Waals surface area (Å²) in [4.78, 5) is 10.7. The van der Waals surface area contributed by atoms with E-state index in [1.165, 1.54) is 6.08 Å². The Bertz CT molecular complexity index is 143. The van der Waals surface area contributed by atoms with Gasteiger partial charge in [0.15, 0.2) is 0 Å². The Balaban J connectivity index is 3.87. The predicted molar refractivity (Wildman–Crippen MR) is 46.3 cm³/mol. The lowest BCUT2D eigenvalue weighted by molar-refractivity contribution is -0.117. The van der Waals surface area contributed by atoms with Gasteiger partial charge in [-0.05, 0) is 19.9 Å². The second-order valence-electron chi connectivity index (χ2n) is 2.74. The molecule has 0 aromatic carbocycles. The van der Waals surface area contributed by atoms with Gasteiger partial charge in [0.2, 0.25) is 5.91 Å². The van der Waals surface area contributed by atoms with E-state index in [1.54, 1.807) is 0 Å². The second kappa shape index (κ2) is 3.66. The van der Waals surface area contributed by atoms with Gasteiger partial charge in [-0.15, -0.1) is 0 Å². The summed E-state index contributed by atoms with van der Waals surface area (Å²) in [6.07, 6.45) is 1.26. The van der Waals surface area contributed by atoms with E-state index in [4.69, 9.17) is 0 Å². The molecule has 1 N–H and O–H groups in total. The van der Waals surface area contributed by atoms with Gasteiger partial charge >= 0.3 is 0 Å². The van der Waals surface area contributed by atoms with E-state index in [0.29, 0.717) is 5.75 Å². The molecule has 0 atom stereocenters. The molecule has 0 unspecified atom stereocenters. The summed E-state index contributed by atoms with van der Waals surface area (Å²) in [5, 5.41) is 2.72. The van der Waals surface area contributed by atoms with E-state index in [9.17, 15) is 4.79 Å².